The summed E-state index contributed by atoms with van der Waals surface area (Å²) in [6.07, 6.45) is -1.28. The van der Waals surface area contributed by atoms with Crippen molar-refractivity contribution >= 4 is 0 Å². The first kappa shape index (κ1) is 15.7. The predicted octanol–water partition coefficient (Wildman–Crippen LogP) is -2.73. The summed E-state index contributed by atoms with van der Waals surface area (Å²) in [6.45, 7) is 6.26. The minimum Gasteiger partial charge on any atom is -0.359 e. The van der Waals surface area contributed by atoms with Gasteiger partial charge in [0.15, 0.2) is 0 Å². The zero-order valence-electron chi connectivity index (χ0n) is 11.4. The lowest BCUT2D eigenvalue weighted by Gasteiger charge is -2.66. The minimum atomic E-state index is -2.99. The van der Waals surface area contributed by atoms with E-state index in [2.05, 4.69) is 0 Å². The Labute approximate surface area is 106 Å². The van der Waals surface area contributed by atoms with E-state index < -0.39 is 29.2 Å². The molecule has 0 amide bonds. The summed E-state index contributed by atoms with van der Waals surface area (Å²) in [4.78, 5) is 2.41. The molecule has 1 rings (SSSR count). The summed E-state index contributed by atoms with van der Waals surface area (Å²) in [5.41, 5.74) is 8.70. The third-order valence-electron chi connectivity index (χ3n) is 4.20. The largest absolute Gasteiger partial charge is 0.359 e. The Morgan fingerprint density at radius 2 is 1.33 bits per heavy atom. The Hall–Kier alpha value is -0.320. The molecule has 1 saturated heterocycles. The quantitative estimate of drug-likeness (QED) is 0.281. The SMILES string of the molecule is CN1C(C)(C)N(C(N)N)C(O)(O)C(O)(O)C1(C)C. The predicted molar refractivity (Wildman–Crippen MR) is 64.3 cm³/mol. The highest BCUT2D eigenvalue weighted by Gasteiger charge is 2.71. The average Bonchev–Trinajstić information content (AvgIpc) is 2.12. The van der Waals surface area contributed by atoms with Crippen molar-refractivity contribution in [2.75, 3.05) is 7.05 Å². The molecule has 1 aliphatic heterocycles. The molecular formula is C10H24N4O4. The van der Waals surface area contributed by atoms with E-state index in [0.717, 1.165) is 4.90 Å². The fourth-order valence-corrected chi connectivity index (χ4v) is 2.61. The summed E-state index contributed by atoms with van der Waals surface area (Å²) in [5.74, 6) is -5.83. The first-order chi connectivity index (χ1) is 7.72. The number of rotatable bonds is 1. The fourth-order valence-electron chi connectivity index (χ4n) is 2.61. The molecule has 1 fully saturated rings. The lowest BCUT2D eigenvalue weighted by molar-refractivity contribution is -0.492. The van der Waals surface area contributed by atoms with Gasteiger partial charge in [-0.25, -0.2) is 4.90 Å². The average molecular weight is 264 g/mol. The van der Waals surface area contributed by atoms with Crippen LogP contribution in [0.3, 0.4) is 0 Å². The molecule has 0 unspecified atom stereocenters. The molecule has 1 aliphatic rings. The molecule has 8 N–H and O–H groups in total. The lowest BCUT2D eigenvalue weighted by atomic mass is 9.81. The molecule has 0 atom stereocenters. The van der Waals surface area contributed by atoms with E-state index in [1.54, 1.807) is 25.8 Å². The van der Waals surface area contributed by atoms with Gasteiger partial charge in [-0.15, -0.1) is 0 Å². The van der Waals surface area contributed by atoms with E-state index in [1.807, 2.05) is 0 Å². The van der Waals surface area contributed by atoms with Crippen LogP contribution in [0.5, 0.6) is 0 Å². The van der Waals surface area contributed by atoms with Crippen LogP contribution in [0.25, 0.3) is 0 Å². The van der Waals surface area contributed by atoms with Gasteiger partial charge >= 0.3 is 0 Å². The highest BCUT2D eigenvalue weighted by molar-refractivity contribution is 5.10. The summed E-state index contributed by atoms with van der Waals surface area (Å²) in [7, 11) is 1.62. The van der Waals surface area contributed by atoms with Gasteiger partial charge in [-0.05, 0) is 34.7 Å². The maximum Gasteiger partial charge on any atom is 0.287 e. The number of aliphatic hydroxyl groups is 4. The van der Waals surface area contributed by atoms with Gasteiger partial charge in [0.25, 0.3) is 11.7 Å². The van der Waals surface area contributed by atoms with Crippen molar-refractivity contribution in [2.45, 2.75) is 56.9 Å². The zero-order chi connectivity index (χ0) is 14.7. The standard InChI is InChI=1S/C10H24N4O4/c1-7(2)9(15,16)10(17,18)14(6(11)12)8(3,4)13(7)5/h6,15-18H,11-12H2,1-5H3. The summed E-state index contributed by atoms with van der Waals surface area (Å²) in [6, 6.07) is 0. The molecule has 1 heterocycles. The summed E-state index contributed by atoms with van der Waals surface area (Å²) < 4.78 is 0. The van der Waals surface area contributed by atoms with Crippen molar-refractivity contribution in [2.24, 2.45) is 11.5 Å². The van der Waals surface area contributed by atoms with Gasteiger partial charge in [-0.1, -0.05) is 0 Å². The Morgan fingerprint density at radius 1 is 0.944 bits per heavy atom. The Morgan fingerprint density at radius 3 is 1.67 bits per heavy atom. The van der Waals surface area contributed by atoms with E-state index >= 15 is 0 Å². The molecule has 8 nitrogen and oxygen atoms in total. The molecule has 0 saturated carbocycles. The van der Waals surface area contributed by atoms with Crippen molar-refractivity contribution in [3.05, 3.63) is 0 Å². The van der Waals surface area contributed by atoms with Crippen LogP contribution in [0.4, 0.5) is 0 Å². The number of likely N-dealkylation sites (N-methyl/N-ethyl adjacent to an activating group) is 1. The van der Waals surface area contributed by atoms with Gasteiger partial charge < -0.3 is 31.9 Å². The van der Waals surface area contributed by atoms with Crippen LogP contribution in [0.1, 0.15) is 27.7 Å². The molecular weight excluding hydrogens is 240 g/mol. The smallest absolute Gasteiger partial charge is 0.287 e. The van der Waals surface area contributed by atoms with E-state index in [9.17, 15) is 20.4 Å². The van der Waals surface area contributed by atoms with Crippen LogP contribution >= 0.6 is 0 Å². The van der Waals surface area contributed by atoms with Crippen LogP contribution in [0.15, 0.2) is 0 Å². The molecule has 0 aromatic heterocycles. The van der Waals surface area contributed by atoms with E-state index in [0.29, 0.717) is 0 Å². The number of nitrogens with two attached hydrogens (primary N) is 2. The van der Waals surface area contributed by atoms with Gasteiger partial charge in [-0.2, -0.15) is 0 Å². The number of nitrogens with zero attached hydrogens (tertiary/aromatic N) is 2. The normalized spacial score (nSPS) is 30.7. The first-order valence-electron chi connectivity index (χ1n) is 5.66. The molecule has 0 aromatic rings. The topological polar surface area (TPSA) is 139 Å². The summed E-state index contributed by atoms with van der Waals surface area (Å²) in [5, 5.41) is 40.5. The second-order valence-electron chi connectivity index (χ2n) is 5.78. The molecule has 8 heteroatoms. The molecule has 0 spiro atoms. The van der Waals surface area contributed by atoms with Gasteiger partial charge in [0.1, 0.15) is 6.29 Å². The van der Waals surface area contributed by atoms with Gasteiger partial charge in [0, 0.05) is 0 Å². The lowest BCUT2D eigenvalue weighted by Crippen LogP contribution is -2.89. The van der Waals surface area contributed by atoms with Crippen LogP contribution in [-0.2, 0) is 0 Å². The number of hydrogen-bond donors (Lipinski definition) is 6. The van der Waals surface area contributed by atoms with Crippen molar-refractivity contribution in [3.8, 4) is 0 Å². The van der Waals surface area contributed by atoms with E-state index in [1.165, 1.54) is 13.8 Å². The Balaban J connectivity index is 3.50. The molecule has 0 aliphatic carbocycles. The van der Waals surface area contributed by atoms with Gasteiger partial charge in [0.05, 0.1) is 11.2 Å². The van der Waals surface area contributed by atoms with Crippen LogP contribution < -0.4 is 11.5 Å². The second-order valence-corrected chi connectivity index (χ2v) is 5.78. The first-order valence-corrected chi connectivity index (χ1v) is 5.66. The second kappa shape index (κ2) is 3.84. The summed E-state index contributed by atoms with van der Waals surface area (Å²) >= 11 is 0. The zero-order valence-corrected chi connectivity index (χ0v) is 11.4. The number of hydrogen-bond acceptors (Lipinski definition) is 8. The molecule has 0 bridgehead atoms. The maximum atomic E-state index is 10.1. The highest BCUT2D eigenvalue weighted by atomic mass is 16.6. The maximum absolute atomic E-state index is 10.1. The van der Waals surface area contributed by atoms with Crippen molar-refractivity contribution in [3.63, 3.8) is 0 Å². The van der Waals surface area contributed by atoms with Crippen LogP contribution in [-0.4, -0.2) is 66.5 Å². The monoisotopic (exact) mass is 264 g/mol. The van der Waals surface area contributed by atoms with Crippen LogP contribution in [0.2, 0.25) is 0 Å². The highest BCUT2D eigenvalue weighted by Crippen LogP contribution is 2.46. The van der Waals surface area contributed by atoms with Crippen molar-refractivity contribution in [1.82, 2.24) is 9.80 Å². The van der Waals surface area contributed by atoms with Gasteiger partial charge in [-0.3, -0.25) is 4.90 Å². The van der Waals surface area contributed by atoms with Crippen molar-refractivity contribution in [1.29, 1.82) is 0 Å². The Kier molecular flexibility index (Phi) is 3.36. The third kappa shape index (κ3) is 1.62. The molecule has 0 aromatic carbocycles. The molecule has 108 valence electrons. The third-order valence-corrected chi connectivity index (χ3v) is 4.20. The minimum absolute atomic E-state index is 0.839. The van der Waals surface area contributed by atoms with Crippen molar-refractivity contribution < 1.29 is 20.4 Å². The Bertz CT molecular complexity index is 341. The van der Waals surface area contributed by atoms with Crippen LogP contribution in [0, 0.1) is 0 Å². The fraction of sp³-hybridized carbons (Fsp3) is 1.00. The van der Waals surface area contributed by atoms with Gasteiger partial charge in [0.2, 0.25) is 0 Å². The molecule has 18 heavy (non-hydrogen) atoms. The van der Waals surface area contributed by atoms with E-state index in [-0.39, 0.29) is 0 Å². The van der Waals surface area contributed by atoms with E-state index in [4.69, 9.17) is 11.5 Å². The molecule has 0 radical (unpaired) electrons.